The molecule has 0 aliphatic carbocycles. The smallest absolute Gasteiger partial charge is 0.0907 e. The van der Waals surface area contributed by atoms with Gasteiger partial charge in [0.2, 0.25) is 0 Å². The van der Waals surface area contributed by atoms with Gasteiger partial charge in [0.1, 0.15) is 0 Å². The predicted molar refractivity (Wildman–Crippen MR) is 85.4 cm³/mol. The summed E-state index contributed by atoms with van der Waals surface area (Å²) in [6.07, 6.45) is 2.19. The van der Waals surface area contributed by atoms with Gasteiger partial charge in [-0.2, -0.15) is 0 Å². The molecular weight excluding hydrogens is 270 g/mol. The van der Waals surface area contributed by atoms with E-state index in [9.17, 15) is 0 Å². The zero-order chi connectivity index (χ0) is 14.2. The van der Waals surface area contributed by atoms with Crippen LogP contribution in [0.15, 0.2) is 12.1 Å². The van der Waals surface area contributed by atoms with E-state index in [1.54, 1.807) is 11.3 Å². The van der Waals surface area contributed by atoms with Crippen LogP contribution in [0, 0.1) is 12.3 Å². The maximum Gasteiger partial charge on any atom is 0.0907 e. The minimum Gasteiger partial charge on any atom is -0.397 e. The standard InChI is InChI=1S/C15H21N3OS/c1-10-18-13-8-12(11(16)7-14(13)20-10)17-9-15(2)3-5-19-6-4-15/h7-8,17H,3-6,9,16H2,1-2H3. The van der Waals surface area contributed by atoms with Crippen LogP contribution >= 0.6 is 11.3 Å². The summed E-state index contributed by atoms with van der Waals surface area (Å²) in [6, 6.07) is 4.09. The van der Waals surface area contributed by atoms with Crippen LogP contribution in [-0.2, 0) is 4.74 Å². The monoisotopic (exact) mass is 291 g/mol. The lowest BCUT2D eigenvalue weighted by Gasteiger charge is -2.34. The number of fused-ring (bicyclic) bond motifs is 1. The van der Waals surface area contributed by atoms with Gasteiger partial charge < -0.3 is 15.8 Å². The van der Waals surface area contributed by atoms with Crippen molar-refractivity contribution in [3.05, 3.63) is 17.1 Å². The fourth-order valence-corrected chi connectivity index (χ4v) is 3.46. The van der Waals surface area contributed by atoms with Gasteiger partial charge in [-0.1, -0.05) is 6.92 Å². The van der Waals surface area contributed by atoms with E-state index in [1.807, 2.05) is 13.0 Å². The number of thiazole rings is 1. The number of anilines is 2. The molecule has 3 N–H and O–H groups in total. The second-order valence-electron chi connectivity index (χ2n) is 5.92. The van der Waals surface area contributed by atoms with Crippen molar-refractivity contribution in [1.82, 2.24) is 4.98 Å². The Labute approximate surface area is 123 Å². The summed E-state index contributed by atoms with van der Waals surface area (Å²) in [5, 5.41) is 4.59. The first-order chi connectivity index (χ1) is 9.56. The van der Waals surface area contributed by atoms with E-state index >= 15 is 0 Å². The number of nitrogens with zero attached hydrogens (tertiary/aromatic N) is 1. The van der Waals surface area contributed by atoms with E-state index in [2.05, 4.69) is 23.3 Å². The van der Waals surface area contributed by atoms with Crippen LogP contribution < -0.4 is 11.1 Å². The molecule has 0 saturated carbocycles. The summed E-state index contributed by atoms with van der Waals surface area (Å²) < 4.78 is 6.60. The summed E-state index contributed by atoms with van der Waals surface area (Å²) in [6.45, 7) is 6.98. The number of nitrogens with one attached hydrogen (secondary N) is 1. The molecule has 0 spiro atoms. The van der Waals surface area contributed by atoms with Gasteiger partial charge >= 0.3 is 0 Å². The van der Waals surface area contributed by atoms with Crippen LogP contribution in [0.1, 0.15) is 24.8 Å². The second kappa shape index (κ2) is 5.22. The predicted octanol–water partition coefficient (Wildman–Crippen LogP) is 3.42. The third kappa shape index (κ3) is 2.74. The van der Waals surface area contributed by atoms with E-state index in [0.29, 0.717) is 0 Å². The van der Waals surface area contributed by atoms with Gasteiger partial charge in [0.15, 0.2) is 0 Å². The zero-order valence-electron chi connectivity index (χ0n) is 12.0. The average Bonchev–Trinajstić information content (AvgIpc) is 2.76. The lowest BCUT2D eigenvalue weighted by atomic mass is 9.82. The Bertz CT molecular complexity index is 617. The SMILES string of the molecule is Cc1nc2cc(NCC3(C)CCOCC3)c(N)cc2s1. The first-order valence-corrected chi connectivity index (χ1v) is 7.86. The Morgan fingerprint density at radius 2 is 2.15 bits per heavy atom. The summed E-state index contributed by atoms with van der Waals surface area (Å²) in [4.78, 5) is 4.53. The Morgan fingerprint density at radius 1 is 1.40 bits per heavy atom. The number of hydrogen-bond donors (Lipinski definition) is 2. The van der Waals surface area contributed by atoms with Gasteiger partial charge in [-0.15, -0.1) is 11.3 Å². The van der Waals surface area contributed by atoms with E-state index in [0.717, 1.165) is 59.2 Å². The number of nitrogen functional groups attached to an aromatic ring is 1. The van der Waals surface area contributed by atoms with Crippen molar-refractivity contribution in [3.63, 3.8) is 0 Å². The summed E-state index contributed by atoms with van der Waals surface area (Å²) in [5.74, 6) is 0. The van der Waals surface area contributed by atoms with Crippen LogP contribution in [0.4, 0.5) is 11.4 Å². The molecule has 4 nitrogen and oxygen atoms in total. The maximum atomic E-state index is 6.15. The normalized spacial score (nSPS) is 18.3. The van der Waals surface area contributed by atoms with Gasteiger partial charge in [-0.3, -0.25) is 0 Å². The Morgan fingerprint density at radius 3 is 2.90 bits per heavy atom. The second-order valence-corrected chi connectivity index (χ2v) is 7.15. The fourth-order valence-electron chi connectivity index (χ4n) is 2.61. The van der Waals surface area contributed by atoms with Crippen molar-refractivity contribution in [2.45, 2.75) is 26.7 Å². The molecule has 0 atom stereocenters. The average molecular weight is 291 g/mol. The Balaban J connectivity index is 1.78. The third-order valence-electron chi connectivity index (χ3n) is 4.07. The molecule has 0 amide bonds. The van der Waals surface area contributed by atoms with Gasteiger partial charge in [-0.05, 0) is 37.3 Å². The van der Waals surface area contributed by atoms with Gasteiger partial charge in [-0.25, -0.2) is 4.98 Å². The van der Waals surface area contributed by atoms with Crippen molar-refractivity contribution in [1.29, 1.82) is 0 Å². The number of rotatable bonds is 3. The van der Waals surface area contributed by atoms with Crippen molar-refractivity contribution < 1.29 is 4.74 Å². The minimum absolute atomic E-state index is 0.289. The molecule has 2 aromatic rings. The van der Waals surface area contributed by atoms with Crippen LogP contribution in [0.3, 0.4) is 0 Å². The largest absolute Gasteiger partial charge is 0.397 e. The highest BCUT2D eigenvalue weighted by Gasteiger charge is 2.27. The lowest BCUT2D eigenvalue weighted by Crippen LogP contribution is -2.33. The number of aromatic nitrogens is 1. The lowest BCUT2D eigenvalue weighted by molar-refractivity contribution is 0.0300. The molecule has 1 saturated heterocycles. The van der Waals surface area contributed by atoms with Crippen LogP contribution in [0.2, 0.25) is 0 Å². The highest BCUT2D eigenvalue weighted by atomic mass is 32.1. The molecule has 0 radical (unpaired) electrons. The molecule has 0 unspecified atom stereocenters. The van der Waals surface area contributed by atoms with Crippen LogP contribution in [0.25, 0.3) is 10.2 Å². The summed E-state index contributed by atoms with van der Waals surface area (Å²) >= 11 is 1.68. The molecular formula is C15H21N3OS. The summed E-state index contributed by atoms with van der Waals surface area (Å²) in [5.41, 5.74) is 9.26. The topological polar surface area (TPSA) is 60.2 Å². The number of benzene rings is 1. The molecule has 108 valence electrons. The zero-order valence-corrected chi connectivity index (χ0v) is 12.8. The first kappa shape index (κ1) is 13.6. The van der Waals surface area contributed by atoms with E-state index in [1.165, 1.54) is 0 Å². The third-order valence-corrected chi connectivity index (χ3v) is 5.01. The molecule has 2 heterocycles. The molecule has 20 heavy (non-hydrogen) atoms. The number of hydrogen-bond acceptors (Lipinski definition) is 5. The van der Waals surface area contributed by atoms with Gasteiger partial charge in [0, 0.05) is 19.8 Å². The molecule has 1 aliphatic heterocycles. The maximum absolute atomic E-state index is 6.15. The number of ether oxygens (including phenoxy) is 1. The van der Waals surface area contributed by atoms with Crippen molar-refractivity contribution in [2.75, 3.05) is 30.8 Å². The molecule has 3 rings (SSSR count). The van der Waals surface area contributed by atoms with Crippen molar-refractivity contribution in [3.8, 4) is 0 Å². The summed E-state index contributed by atoms with van der Waals surface area (Å²) in [7, 11) is 0. The van der Waals surface area contributed by atoms with Crippen molar-refractivity contribution in [2.24, 2.45) is 5.41 Å². The quantitative estimate of drug-likeness (QED) is 0.851. The van der Waals surface area contributed by atoms with E-state index < -0.39 is 0 Å². The number of aryl methyl sites for hydroxylation is 1. The Hall–Kier alpha value is -1.33. The molecule has 1 fully saturated rings. The Kier molecular flexibility index (Phi) is 3.56. The molecule has 0 bridgehead atoms. The van der Waals surface area contributed by atoms with Gasteiger partial charge in [0.25, 0.3) is 0 Å². The van der Waals surface area contributed by atoms with Crippen LogP contribution in [-0.4, -0.2) is 24.7 Å². The molecule has 5 heteroatoms. The molecule has 1 aliphatic rings. The van der Waals surface area contributed by atoms with Crippen molar-refractivity contribution >= 4 is 32.9 Å². The van der Waals surface area contributed by atoms with E-state index in [-0.39, 0.29) is 5.41 Å². The highest BCUT2D eigenvalue weighted by Crippen LogP contribution is 2.33. The van der Waals surface area contributed by atoms with Gasteiger partial charge in [0.05, 0.1) is 26.6 Å². The molecule has 1 aromatic carbocycles. The highest BCUT2D eigenvalue weighted by molar-refractivity contribution is 7.18. The number of nitrogens with two attached hydrogens (primary N) is 1. The molecule has 1 aromatic heterocycles. The van der Waals surface area contributed by atoms with Crippen LogP contribution in [0.5, 0.6) is 0 Å². The first-order valence-electron chi connectivity index (χ1n) is 7.04. The minimum atomic E-state index is 0.289. The fraction of sp³-hybridized carbons (Fsp3) is 0.533. The van der Waals surface area contributed by atoms with E-state index in [4.69, 9.17) is 10.5 Å².